The van der Waals surface area contributed by atoms with E-state index < -0.39 is 5.97 Å². The maximum Gasteiger partial charge on any atom is 0.305 e. The first-order chi connectivity index (χ1) is 10.1. The number of rotatable bonds is 5. The van der Waals surface area contributed by atoms with E-state index in [2.05, 4.69) is 0 Å². The lowest BCUT2D eigenvalue weighted by molar-refractivity contribution is -0.136. The topological polar surface area (TPSA) is 57.6 Å². The zero-order valence-electron chi connectivity index (χ0n) is 11.8. The van der Waals surface area contributed by atoms with Crippen LogP contribution in [0.4, 0.5) is 5.69 Å². The molecule has 0 aliphatic carbocycles. The first-order valence-corrected chi connectivity index (χ1v) is 6.74. The Morgan fingerprint density at radius 2 is 1.62 bits per heavy atom. The highest BCUT2D eigenvalue weighted by atomic mass is 16.4. The SMILES string of the molecule is Cc1ccccc1C(=O)N(CCC(=O)O)c1ccccc1. The predicted molar refractivity (Wildman–Crippen MR) is 81.6 cm³/mol. The lowest BCUT2D eigenvalue weighted by Crippen LogP contribution is -2.33. The molecule has 0 fully saturated rings. The van der Waals surface area contributed by atoms with Gasteiger partial charge in [0.2, 0.25) is 0 Å². The molecule has 2 aromatic rings. The Morgan fingerprint density at radius 1 is 1.00 bits per heavy atom. The summed E-state index contributed by atoms with van der Waals surface area (Å²) in [6.45, 7) is 2.01. The predicted octanol–water partition coefficient (Wildman–Crippen LogP) is 3.12. The van der Waals surface area contributed by atoms with Gasteiger partial charge in [-0.05, 0) is 30.7 Å². The normalized spacial score (nSPS) is 10.1. The minimum atomic E-state index is -0.923. The molecular weight excluding hydrogens is 266 g/mol. The van der Waals surface area contributed by atoms with Crippen LogP contribution in [0, 0.1) is 6.92 Å². The Hall–Kier alpha value is -2.62. The number of carbonyl (C=O) groups is 2. The molecule has 4 heteroatoms. The molecule has 0 aliphatic rings. The molecule has 0 heterocycles. The summed E-state index contributed by atoms with van der Waals surface area (Å²) in [6.07, 6.45) is -0.0908. The highest BCUT2D eigenvalue weighted by Gasteiger charge is 2.19. The Morgan fingerprint density at radius 3 is 2.24 bits per heavy atom. The van der Waals surface area contributed by atoms with Crippen LogP contribution in [0.25, 0.3) is 0 Å². The largest absolute Gasteiger partial charge is 0.481 e. The van der Waals surface area contributed by atoms with E-state index in [1.165, 1.54) is 4.90 Å². The molecule has 108 valence electrons. The van der Waals surface area contributed by atoms with Gasteiger partial charge >= 0.3 is 5.97 Å². The summed E-state index contributed by atoms with van der Waals surface area (Å²) >= 11 is 0. The molecule has 1 amide bonds. The van der Waals surface area contributed by atoms with Gasteiger partial charge in [-0.25, -0.2) is 0 Å². The van der Waals surface area contributed by atoms with Gasteiger partial charge in [-0.2, -0.15) is 0 Å². The fourth-order valence-electron chi connectivity index (χ4n) is 2.12. The highest BCUT2D eigenvalue weighted by Crippen LogP contribution is 2.19. The van der Waals surface area contributed by atoms with E-state index >= 15 is 0 Å². The second kappa shape index (κ2) is 6.70. The summed E-state index contributed by atoms with van der Waals surface area (Å²) in [7, 11) is 0. The van der Waals surface area contributed by atoms with Gasteiger partial charge < -0.3 is 10.0 Å². The maximum atomic E-state index is 12.7. The third-order valence-corrected chi connectivity index (χ3v) is 3.24. The van der Waals surface area contributed by atoms with Gasteiger partial charge in [-0.15, -0.1) is 0 Å². The Bertz CT molecular complexity index is 637. The van der Waals surface area contributed by atoms with Gasteiger partial charge in [-0.3, -0.25) is 9.59 Å². The lowest BCUT2D eigenvalue weighted by Gasteiger charge is -2.23. The number of anilines is 1. The molecule has 0 bridgehead atoms. The molecule has 0 saturated heterocycles. The second-order valence-corrected chi connectivity index (χ2v) is 4.75. The van der Waals surface area contributed by atoms with E-state index in [9.17, 15) is 9.59 Å². The van der Waals surface area contributed by atoms with Gasteiger partial charge in [0.05, 0.1) is 6.42 Å². The van der Waals surface area contributed by atoms with E-state index in [-0.39, 0.29) is 18.9 Å². The number of para-hydroxylation sites is 1. The Balaban J connectivity index is 2.33. The van der Waals surface area contributed by atoms with Crippen LogP contribution < -0.4 is 4.90 Å². The number of carbonyl (C=O) groups excluding carboxylic acids is 1. The number of hydrogen-bond donors (Lipinski definition) is 1. The molecule has 1 N–H and O–H groups in total. The van der Waals surface area contributed by atoms with E-state index in [1.54, 1.807) is 24.3 Å². The number of nitrogens with zero attached hydrogens (tertiary/aromatic N) is 1. The van der Waals surface area contributed by atoms with Crippen LogP contribution >= 0.6 is 0 Å². The number of hydrogen-bond acceptors (Lipinski definition) is 2. The van der Waals surface area contributed by atoms with Crippen LogP contribution in [-0.4, -0.2) is 23.5 Å². The van der Waals surface area contributed by atoms with Crippen LogP contribution in [-0.2, 0) is 4.79 Å². The summed E-state index contributed by atoms with van der Waals surface area (Å²) in [6, 6.07) is 16.4. The van der Waals surface area contributed by atoms with Crippen molar-refractivity contribution in [3.8, 4) is 0 Å². The molecular formula is C17H17NO3. The first kappa shape index (κ1) is 14.8. The number of carboxylic acids is 1. The molecule has 0 aliphatic heterocycles. The molecule has 0 radical (unpaired) electrons. The lowest BCUT2D eigenvalue weighted by atomic mass is 10.1. The maximum absolute atomic E-state index is 12.7. The van der Waals surface area contributed by atoms with Crippen molar-refractivity contribution in [2.24, 2.45) is 0 Å². The minimum absolute atomic E-state index is 0.0908. The van der Waals surface area contributed by atoms with E-state index in [1.807, 2.05) is 37.3 Å². The smallest absolute Gasteiger partial charge is 0.305 e. The fourth-order valence-corrected chi connectivity index (χ4v) is 2.12. The third kappa shape index (κ3) is 3.69. The summed E-state index contributed by atoms with van der Waals surface area (Å²) < 4.78 is 0. The Labute approximate surface area is 123 Å². The quantitative estimate of drug-likeness (QED) is 0.917. The standard InChI is InChI=1S/C17H17NO3/c1-13-7-5-6-10-15(13)17(21)18(12-11-16(19)20)14-8-3-2-4-9-14/h2-10H,11-12H2,1H3,(H,19,20). The number of benzene rings is 2. The minimum Gasteiger partial charge on any atom is -0.481 e. The number of aryl methyl sites for hydroxylation is 1. The van der Waals surface area contributed by atoms with Gasteiger partial charge in [0.15, 0.2) is 0 Å². The number of carboxylic acid groups (broad SMARTS) is 1. The van der Waals surface area contributed by atoms with Crippen molar-refractivity contribution in [3.63, 3.8) is 0 Å². The first-order valence-electron chi connectivity index (χ1n) is 6.74. The van der Waals surface area contributed by atoms with Crippen LogP contribution in [0.2, 0.25) is 0 Å². The van der Waals surface area contributed by atoms with Crippen molar-refractivity contribution in [1.29, 1.82) is 0 Å². The molecule has 2 aromatic carbocycles. The summed E-state index contributed by atoms with van der Waals surface area (Å²) in [5.41, 5.74) is 2.16. The fraction of sp³-hybridized carbons (Fsp3) is 0.176. The molecule has 0 spiro atoms. The van der Waals surface area contributed by atoms with Crippen LogP contribution in [0.15, 0.2) is 54.6 Å². The second-order valence-electron chi connectivity index (χ2n) is 4.75. The molecule has 4 nitrogen and oxygen atoms in total. The molecule has 2 rings (SSSR count). The summed E-state index contributed by atoms with van der Waals surface area (Å²) in [4.78, 5) is 25.0. The van der Waals surface area contributed by atoms with E-state index in [0.29, 0.717) is 11.3 Å². The third-order valence-electron chi connectivity index (χ3n) is 3.24. The van der Waals surface area contributed by atoms with Gasteiger partial charge in [0.25, 0.3) is 5.91 Å². The number of amides is 1. The van der Waals surface area contributed by atoms with Crippen molar-refractivity contribution in [2.75, 3.05) is 11.4 Å². The molecule has 21 heavy (non-hydrogen) atoms. The van der Waals surface area contributed by atoms with Crippen molar-refractivity contribution >= 4 is 17.6 Å². The van der Waals surface area contributed by atoms with Crippen molar-refractivity contribution in [1.82, 2.24) is 0 Å². The summed E-state index contributed by atoms with van der Waals surface area (Å²) in [5, 5.41) is 8.88. The van der Waals surface area contributed by atoms with Crippen molar-refractivity contribution in [3.05, 3.63) is 65.7 Å². The van der Waals surface area contributed by atoms with Crippen molar-refractivity contribution in [2.45, 2.75) is 13.3 Å². The molecule has 0 atom stereocenters. The van der Waals surface area contributed by atoms with E-state index in [4.69, 9.17) is 5.11 Å². The van der Waals surface area contributed by atoms with Crippen LogP contribution in [0.5, 0.6) is 0 Å². The van der Waals surface area contributed by atoms with Gasteiger partial charge in [0, 0.05) is 17.8 Å². The molecule has 0 aromatic heterocycles. The molecule has 0 saturated carbocycles. The molecule has 0 unspecified atom stereocenters. The van der Waals surface area contributed by atoms with Gasteiger partial charge in [-0.1, -0.05) is 36.4 Å². The highest BCUT2D eigenvalue weighted by molar-refractivity contribution is 6.07. The van der Waals surface area contributed by atoms with Crippen molar-refractivity contribution < 1.29 is 14.7 Å². The van der Waals surface area contributed by atoms with E-state index in [0.717, 1.165) is 5.56 Å². The zero-order valence-corrected chi connectivity index (χ0v) is 11.8. The summed E-state index contributed by atoms with van der Waals surface area (Å²) in [5.74, 6) is -1.10. The number of aliphatic carboxylic acids is 1. The monoisotopic (exact) mass is 283 g/mol. The Kier molecular flexibility index (Phi) is 4.72. The average Bonchev–Trinajstić information content (AvgIpc) is 2.48. The average molecular weight is 283 g/mol. The van der Waals surface area contributed by atoms with Crippen LogP contribution in [0.1, 0.15) is 22.3 Å². The van der Waals surface area contributed by atoms with Gasteiger partial charge in [0.1, 0.15) is 0 Å². The van der Waals surface area contributed by atoms with Crippen LogP contribution in [0.3, 0.4) is 0 Å². The zero-order chi connectivity index (χ0) is 15.2.